The van der Waals surface area contributed by atoms with Crippen LogP contribution in [0.15, 0.2) is 0 Å². The van der Waals surface area contributed by atoms with E-state index in [0.717, 1.165) is 0 Å². The molecule has 0 saturated carbocycles. The Morgan fingerprint density at radius 2 is 1.17 bits per heavy atom. The molecule has 0 heterocycles. The van der Waals surface area contributed by atoms with E-state index in [1.165, 1.54) is 5.92 Å². The zero-order valence-corrected chi connectivity index (χ0v) is 6.47. The van der Waals surface area contributed by atoms with E-state index in [1.807, 2.05) is 0 Å². The van der Waals surface area contributed by atoms with Gasteiger partial charge in [0.1, 0.15) is 0 Å². The summed E-state index contributed by atoms with van der Waals surface area (Å²) in [7, 11) is 0. The molecule has 0 N–H and O–H groups in total. The number of halogens is 1. The topological polar surface area (TPSA) is 0 Å². The molecule has 42 valence electrons. The van der Waals surface area contributed by atoms with Crippen molar-refractivity contribution in [2.45, 2.75) is 20.8 Å². The minimum absolute atomic E-state index is 0.639. The Bertz CT molecular complexity index is 12.3. The van der Waals surface area contributed by atoms with Crippen LogP contribution in [0.25, 0.3) is 0 Å². The van der Waals surface area contributed by atoms with Gasteiger partial charge in [0, 0.05) is 0 Å². The van der Waals surface area contributed by atoms with Gasteiger partial charge < -0.3 is 5.92 Å². The summed E-state index contributed by atoms with van der Waals surface area (Å²) in [4.78, 5) is 0. The van der Waals surface area contributed by atoms with E-state index in [9.17, 15) is 3.16 Å². The van der Waals surface area contributed by atoms with Crippen LogP contribution in [0.5, 0.6) is 0 Å². The van der Waals surface area contributed by atoms with Gasteiger partial charge in [-0.05, 0) is 0 Å². The summed E-state index contributed by atoms with van der Waals surface area (Å²) in [5.74, 6) is 1.42. The Morgan fingerprint density at radius 3 is 1.17 bits per heavy atom. The summed E-state index contributed by atoms with van der Waals surface area (Å²) in [6.45, 7) is 6.25. The first-order valence-corrected chi connectivity index (χ1v) is 2.48. The van der Waals surface area contributed by atoms with E-state index in [4.69, 9.17) is 0 Å². The van der Waals surface area contributed by atoms with Crippen LogP contribution in [0.3, 0.4) is 0 Å². The first-order chi connectivity index (χ1) is 2.73. The van der Waals surface area contributed by atoms with Crippen molar-refractivity contribution in [3.05, 3.63) is 5.92 Å². The maximum atomic E-state index is 9.47. The van der Waals surface area contributed by atoms with Crippen LogP contribution in [0.2, 0.25) is 0 Å². The van der Waals surface area contributed by atoms with E-state index in [2.05, 4.69) is 20.8 Å². The predicted molar refractivity (Wildman–Crippen MR) is 21.4 cm³/mol. The average molecular weight is 271 g/mol. The SMILES string of the molecule is C[C-](C)C.[F][Pt+]. The predicted octanol–water partition coefficient (Wildman–Crippen LogP) is 2.04. The standard InChI is InChI=1S/C4H9.FH.Pt/c1-4(2)3;;/h1-3H3;1H;/q-1;;+2/p-1. The van der Waals surface area contributed by atoms with Crippen molar-refractivity contribution < 1.29 is 23.5 Å². The second-order valence-electron chi connectivity index (χ2n) is 1.50. The van der Waals surface area contributed by atoms with Gasteiger partial charge in [-0.3, -0.25) is 0 Å². The first-order valence-electron chi connectivity index (χ1n) is 1.62. The molecule has 2 heteroatoms. The number of hydrogen-bond donors (Lipinski definition) is 0. The summed E-state index contributed by atoms with van der Waals surface area (Å²) < 4.78 is 9.47. The van der Waals surface area contributed by atoms with Gasteiger partial charge in [-0.2, -0.15) is 20.8 Å². The van der Waals surface area contributed by atoms with Gasteiger partial charge in [-0.25, -0.2) is 0 Å². The zero-order chi connectivity index (χ0) is 5.58. The van der Waals surface area contributed by atoms with Crippen LogP contribution in [-0.2, 0) is 20.3 Å². The molecule has 0 radical (unpaired) electrons. The van der Waals surface area contributed by atoms with Crippen molar-refractivity contribution in [2.24, 2.45) is 0 Å². The van der Waals surface area contributed by atoms with Crippen molar-refractivity contribution in [3.8, 4) is 0 Å². The molecular formula is C4H9FPt. The number of rotatable bonds is 0. The van der Waals surface area contributed by atoms with Crippen LogP contribution < -0.4 is 0 Å². The third-order valence-electron chi connectivity index (χ3n) is 0. The van der Waals surface area contributed by atoms with E-state index in [0.29, 0.717) is 20.3 Å². The molecule has 0 unspecified atom stereocenters. The number of hydrogen-bond acceptors (Lipinski definition) is 0. The van der Waals surface area contributed by atoms with Gasteiger partial charge in [-0.1, -0.05) is 0 Å². The quantitative estimate of drug-likeness (QED) is 0.591. The molecule has 6 heavy (non-hydrogen) atoms. The molecule has 0 aliphatic carbocycles. The van der Waals surface area contributed by atoms with Gasteiger partial charge in [0.2, 0.25) is 0 Å². The van der Waals surface area contributed by atoms with E-state index in [1.54, 1.807) is 0 Å². The second kappa shape index (κ2) is 9.15. The zero-order valence-electron chi connectivity index (χ0n) is 4.19. The van der Waals surface area contributed by atoms with Gasteiger partial charge in [-0.15, -0.1) is 0 Å². The van der Waals surface area contributed by atoms with Gasteiger partial charge in [0.05, 0.1) is 0 Å². The fourth-order valence-electron chi connectivity index (χ4n) is 0. The normalized spacial score (nSPS) is 7.17. The minimum atomic E-state index is 0.639. The summed E-state index contributed by atoms with van der Waals surface area (Å²) in [6.07, 6.45) is 0. The van der Waals surface area contributed by atoms with Crippen LogP contribution in [0.4, 0.5) is 3.16 Å². The summed E-state index contributed by atoms with van der Waals surface area (Å²) in [6, 6.07) is 0. The Kier molecular flexibility index (Phi) is 14.9. The molecule has 0 aromatic rings. The Balaban J connectivity index is 0. The van der Waals surface area contributed by atoms with Crippen molar-refractivity contribution in [3.63, 3.8) is 0 Å². The molecule has 0 aromatic carbocycles. The summed E-state index contributed by atoms with van der Waals surface area (Å²) >= 11 is 0.639. The summed E-state index contributed by atoms with van der Waals surface area (Å²) in [5, 5.41) is 0. The van der Waals surface area contributed by atoms with Crippen LogP contribution in [-0.4, -0.2) is 0 Å². The molecule has 0 saturated heterocycles. The van der Waals surface area contributed by atoms with Crippen molar-refractivity contribution in [2.75, 3.05) is 0 Å². The van der Waals surface area contributed by atoms with Crippen LogP contribution in [0.1, 0.15) is 20.8 Å². The van der Waals surface area contributed by atoms with E-state index < -0.39 is 0 Å². The van der Waals surface area contributed by atoms with E-state index >= 15 is 0 Å². The molecule has 0 aromatic heterocycles. The third-order valence-corrected chi connectivity index (χ3v) is 0. The fraction of sp³-hybridized carbons (Fsp3) is 0.750. The molecule has 0 spiro atoms. The molecule has 0 amide bonds. The Labute approximate surface area is 50.7 Å². The van der Waals surface area contributed by atoms with Crippen molar-refractivity contribution in [1.29, 1.82) is 0 Å². The van der Waals surface area contributed by atoms with Gasteiger partial charge >= 0.3 is 23.5 Å². The molecule has 0 nitrogen and oxygen atoms in total. The second-order valence-corrected chi connectivity index (χ2v) is 1.50. The monoisotopic (exact) mass is 271 g/mol. The van der Waals surface area contributed by atoms with Crippen LogP contribution >= 0.6 is 0 Å². The van der Waals surface area contributed by atoms with Crippen molar-refractivity contribution >= 4 is 0 Å². The summed E-state index contributed by atoms with van der Waals surface area (Å²) in [5.41, 5.74) is 0. The van der Waals surface area contributed by atoms with Crippen molar-refractivity contribution in [1.82, 2.24) is 0 Å². The van der Waals surface area contributed by atoms with Crippen LogP contribution in [0, 0.1) is 5.92 Å². The average Bonchev–Trinajstić information content (AvgIpc) is 1.41. The van der Waals surface area contributed by atoms with Gasteiger partial charge in [0.25, 0.3) is 0 Å². The first kappa shape index (κ1) is 9.79. The molecule has 0 aliphatic heterocycles. The third kappa shape index (κ3) is 158. The molecular weight excluding hydrogens is 262 g/mol. The Hall–Kier alpha value is 0.618. The molecule has 0 atom stereocenters. The molecule has 0 fully saturated rings. The van der Waals surface area contributed by atoms with Gasteiger partial charge in [0.15, 0.2) is 0 Å². The van der Waals surface area contributed by atoms with E-state index in [-0.39, 0.29) is 0 Å². The Morgan fingerprint density at radius 1 is 1.17 bits per heavy atom. The fourth-order valence-corrected chi connectivity index (χ4v) is 0. The molecule has 0 rings (SSSR count). The molecule has 0 bridgehead atoms. The molecule has 0 aliphatic rings. The maximum absolute atomic E-state index is 9.47.